The van der Waals surface area contributed by atoms with Crippen LogP contribution in [0, 0.1) is 6.92 Å². The van der Waals surface area contributed by atoms with Gasteiger partial charge in [0.2, 0.25) is 0 Å². The Morgan fingerprint density at radius 2 is 1.97 bits per heavy atom. The standard InChI is InChI=1S/C22H23F3N4O3/c1-11(13-4-14(22(23,24)25)6-15(26)5-13)27-21-17-7-20-19(8-18(17)28-12(2)29-21)31-10-16(32-20)9-30-3/h4-8,11,16H,9-10,26H2,1-3H3,(H,27,28,29). The number of aromatic nitrogens is 2. The minimum absolute atomic E-state index is 0.0380. The molecule has 1 aliphatic heterocycles. The van der Waals surface area contributed by atoms with Crippen LogP contribution in [-0.4, -0.2) is 36.4 Å². The molecule has 0 amide bonds. The van der Waals surface area contributed by atoms with Crippen molar-refractivity contribution in [3.63, 3.8) is 0 Å². The molecule has 2 atom stereocenters. The number of nitrogens with one attached hydrogen (secondary N) is 1. The molecule has 32 heavy (non-hydrogen) atoms. The normalized spacial score (nSPS) is 16.8. The summed E-state index contributed by atoms with van der Waals surface area (Å²) >= 11 is 0. The Balaban J connectivity index is 1.70. The first-order valence-electron chi connectivity index (χ1n) is 9.99. The maximum Gasteiger partial charge on any atom is 0.416 e. The number of nitrogens with zero attached hydrogens (tertiary/aromatic N) is 2. The van der Waals surface area contributed by atoms with Crippen LogP contribution in [0.15, 0.2) is 30.3 Å². The molecule has 3 N–H and O–H groups in total. The van der Waals surface area contributed by atoms with E-state index in [1.54, 1.807) is 33.1 Å². The Morgan fingerprint density at radius 1 is 1.19 bits per heavy atom. The predicted molar refractivity (Wildman–Crippen MR) is 114 cm³/mol. The Morgan fingerprint density at radius 3 is 2.69 bits per heavy atom. The van der Waals surface area contributed by atoms with Crippen LogP contribution in [0.1, 0.15) is 29.9 Å². The van der Waals surface area contributed by atoms with Gasteiger partial charge in [0, 0.05) is 24.2 Å². The summed E-state index contributed by atoms with van der Waals surface area (Å²) < 4.78 is 56.5. The maximum atomic E-state index is 13.2. The van der Waals surface area contributed by atoms with Gasteiger partial charge in [-0.15, -0.1) is 0 Å². The Bertz CT molecular complexity index is 1150. The van der Waals surface area contributed by atoms with Gasteiger partial charge in [-0.3, -0.25) is 0 Å². The van der Waals surface area contributed by atoms with Gasteiger partial charge in [0.1, 0.15) is 18.2 Å². The maximum absolute atomic E-state index is 13.2. The Labute approximate surface area is 182 Å². The minimum atomic E-state index is -4.49. The van der Waals surface area contributed by atoms with Gasteiger partial charge in [0.25, 0.3) is 0 Å². The van der Waals surface area contributed by atoms with Gasteiger partial charge in [-0.2, -0.15) is 13.2 Å². The molecule has 0 saturated carbocycles. The molecule has 4 rings (SSSR count). The fourth-order valence-corrected chi connectivity index (χ4v) is 3.61. The van der Waals surface area contributed by atoms with E-state index in [0.29, 0.717) is 52.8 Å². The highest BCUT2D eigenvalue weighted by molar-refractivity contribution is 5.92. The molecule has 0 saturated heterocycles. The number of rotatable bonds is 5. The van der Waals surface area contributed by atoms with Crippen LogP contribution in [0.3, 0.4) is 0 Å². The van der Waals surface area contributed by atoms with Crippen molar-refractivity contribution >= 4 is 22.4 Å². The van der Waals surface area contributed by atoms with Crippen molar-refractivity contribution in [2.75, 3.05) is 31.4 Å². The van der Waals surface area contributed by atoms with Gasteiger partial charge in [0.15, 0.2) is 17.6 Å². The number of benzene rings is 2. The van der Waals surface area contributed by atoms with E-state index in [2.05, 4.69) is 15.3 Å². The molecule has 2 aromatic carbocycles. The van der Waals surface area contributed by atoms with Crippen LogP contribution in [0.25, 0.3) is 10.9 Å². The van der Waals surface area contributed by atoms with E-state index in [1.807, 2.05) is 0 Å². The molecular weight excluding hydrogens is 425 g/mol. The van der Waals surface area contributed by atoms with E-state index in [0.717, 1.165) is 12.1 Å². The molecular formula is C22H23F3N4O3. The van der Waals surface area contributed by atoms with E-state index >= 15 is 0 Å². The first kappa shape index (κ1) is 21.9. The lowest BCUT2D eigenvalue weighted by molar-refractivity contribution is -0.137. The van der Waals surface area contributed by atoms with Gasteiger partial charge >= 0.3 is 6.18 Å². The molecule has 0 spiro atoms. The highest BCUT2D eigenvalue weighted by atomic mass is 19.4. The average molecular weight is 448 g/mol. The lowest BCUT2D eigenvalue weighted by Gasteiger charge is -2.26. The SMILES string of the molecule is COCC1COc2cc3nc(C)nc(NC(C)c4cc(N)cc(C(F)(F)F)c4)c3cc2O1. The summed E-state index contributed by atoms with van der Waals surface area (Å²) in [6.07, 6.45) is -4.74. The molecule has 10 heteroatoms. The second kappa shape index (κ2) is 8.34. The fourth-order valence-electron chi connectivity index (χ4n) is 3.61. The van der Waals surface area contributed by atoms with Crippen LogP contribution in [-0.2, 0) is 10.9 Å². The van der Waals surface area contributed by atoms with E-state index < -0.39 is 17.8 Å². The van der Waals surface area contributed by atoms with Crippen LogP contribution in [0.4, 0.5) is 24.7 Å². The van der Waals surface area contributed by atoms with Gasteiger partial charge in [-0.25, -0.2) is 9.97 Å². The Hall–Kier alpha value is -3.27. The monoisotopic (exact) mass is 448 g/mol. The fraction of sp³-hybridized carbons (Fsp3) is 0.364. The zero-order valence-electron chi connectivity index (χ0n) is 17.8. The number of hydrogen-bond acceptors (Lipinski definition) is 7. The number of hydrogen-bond donors (Lipinski definition) is 2. The predicted octanol–water partition coefficient (Wildman–Crippen LogP) is 4.50. The number of fused-ring (bicyclic) bond motifs is 2. The number of halogens is 3. The van der Waals surface area contributed by atoms with Crippen LogP contribution < -0.4 is 20.5 Å². The zero-order chi connectivity index (χ0) is 23.0. The number of methoxy groups -OCH3 is 1. The van der Waals surface area contributed by atoms with Crippen molar-refractivity contribution in [1.82, 2.24) is 9.97 Å². The summed E-state index contributed by atoms with van der Waals surface area (Å²) in [6, 6.07) is 6.53. The Kier molecular flexibility index (Phi) is 5.72. The molecule has 170 valence electrons. The lowest BCUT2D eigenvalue weighted by atomic mass is 10.0. The summed E-state index contributed by atoms with van der Waals surface area (Å²) in [5.41, 5.74) is 5.98. The molecule has 1 aliphatic rings. The van der Waals surface area contributed by atoms with Gasteiger partial charge in [-0.05, 0) is 43.7 Å². The number of nitrogen functional groups attached to an aromatic ring is 1. The van der Waals surface area contributed by atoms with Crippen molar-refractivity contribution in [1.29, 1.82) is 0 Å². The zero-order valence-corrected chi connectivity index (χ0v) is 17.8. The molecule has 7 nitrogen and oxygen atoms in total. The molecule has 1 aromatic heterocycles. The third-order valence-electron chi connectivity index (χ3n) is 5.10. The highest BCUT2D eigenvalue weighted by Gasteiger charge is 2.31. The van der Waals surface area contributed by atoms with E-state index in [1.165, 1.54) is 6.07 Å². The number of nitrogens with two attached hydrogens (primary N) is 1. The van der Waals surface area contributed by atoms with E-state index in [4.69, 9.17) is 19.9 Å². The second-order valence-electron chi connectivity index (χ2n) is 7.69. The van der Waals surface area contributed by atoms with Crippen LogP contribution in [0.5, 0.6) is 11.5 Å². The topological polar surface area (TPSA) is 91.5 Å². The van der Waals surface area contributed by atoms with Gasteiger partial charge in [0.05, 0.1) is 23.7 Å². The van der Waals surface area contributed by atoms with Crippen molar-refractivity contribution in [2.24, 2.45) is 0 Å². The first-order valence-corrected chi connectivity index (χ1v) is 9.99. The largest absolute Gasteiger partial charge is 0.486 e. The highest BCUT2D eigenvalue weighted by Crippen LogP contribution is 2.38. The molecule has 2 unspecified atom stereocenters. The molecule has 0 fully saturated rings. The molecule has 0 radical (unpaired) electrons. The minimum Gasteiger partial charge on any atom is -0.486 e. The smallest absolute Gasteiger partial charge is 0.416 e. The third kappa shape index (κ3) is 4.50. The third-order valence-corrected chi connectivity index (χ3v) is 5.10. The van der Waals surface area contributed by atoms with E-state index in [9.17, 15) is 13.2 Å². The van der Waals surface area contributed by atoms with E-state index in [-0.39, 0.29) is 11.8 Å². The number of anilines is 2. The summed E-state index contributed by atoms with van der Waals surface area (Å²) in [5, 5.41) is 3.85. The summed E-state index contributed by atoms with van der Waals surface area (Å²) in [5.74, 6) is 2.06. The first-order chi connectivity index (χ1) is 15.1. The van der Waals surface area contributed by atoms with Crippen molar-refractivity contribution in [2.45, 2.75) is 32.2 Å². The molecule has 2 heterocycles. The summed E-state index contributed by atoms with van der Waals surface area (Å²) in [4.78, 5) is 8.93. The summed E-state index contributed by atoms with van der Waals surface area (Å²) in [6.45, 7) is 4.21. The van der Waals surface area contributed by atoms with Gasteiger partial charge < -0.3 is 25.3 Å². The second-order valence-corrected chi connectivity index (χ2v) is 7.69. The number of aryl methyl sites for hydroxylation is 1. The molecule has 3 aromatic rings. The van der Waals surface area contributed by atoms with Gasteiger partial charge in [-0.1, -0.05) is 0 Å². The lowest BCUT2D eigenvalue weighted by Crippen LogP contribution is -2.33. The van der Waals surface area contributed by atoms with Crippen LogP contribution in [0.2, 0.25) is 0 Å². The number of ether oxygens (including phenoxy) is 3. The number of alkyl halides is 3. The van der Waals surface area contributed by atoms with Crippen molar-refractivity contribution in [3.05, 3.63) is 47.3 Å². The molecule has 0 bridgehead atoms. The van der Waals surface area contributed by atoms with Crippen molar-refractivity contribution in [3.8, 4) is 11.5 Å². The molecule has 0 aliphatic carbocycles. The quantitative estimate of drug-likeness (QED) is 0.556. The average Bonchev–Trinajstić information content (AvgIpc) is 2.71. The van der Waals surface area contributed by atoms with Crippen LogP contribution >= 0.6 is 0 Å². The van der Waals surface area contributed by atoms with Crippen molar-refractivity contribution < 1.29 is 27.4 Å². The summed E-state index contributed by atoms with van der Waals surface area (Å²) in [7, 11) is 1.58.